The Morgan fingerprint density at radius 3 is 2.90 bits per heavy atom. The number of hydrogen-bond donors (Lipinski definition) is 1. The molecule has 0 aliphatic heterocycles. The number of anilines is 1. The van der Waals surface area contributed by atoms with Crippen molar-refractivity contribution in [2.45, 2.75) is 18.9 Å². The quantitative estimate of drug-likeness (QED) is 0.803. The Morgan fingerprint density at radius 2 is 2.14 bits per heavy atom. The normalized spacial score (nSPS) is 16.9. The molecule has 0 saturated heterocycles. The van der Waals surface area contributed by atoms with Crippen molar-refractivity contribution in [2.24, 2.45) is 0 Å². The molecule has 7 heteroatoms. The van der Waals surface area contributed by atoms with E-state index < -0.39 is 0 Å². The molecule has 2 aromatic heterocycles. The van der Waals surface area contributed by atoms with Gasteiger partial charge in [-0.05, 0) is 59.2 Å². The minimum absolute atomic E-state index is 0.350. The fourth-order valence-corrected chi connectivity index (χ4v) is 4.03. The summed E-state index contributed by atoms with van der Waals surface area (Å²) in [5.41, 5.74) is 3.37. The molecule has 0 fully saturated rings. The molecule has 21 heavy (non-hydrogen) atoms. The highest BCUT2D eigenvalue weighted by atomic mass is 35.5. The van der Waals surface area contributed by atoms with Crippen molar-refractivity contribution < 1.29 is 0 Å². The van der Waals surface area contributed by atoms with Gasteiger partial charge in [-0.15, -0.1) is 16.4 Å². The van der Waals surface area contributed by atoms with E-state index in [4.69, 9.17) is 11.6 Å². The molecule has 4 rings (SSSR count). The molecule has 5 nitrogen and oxygen atoms in total. The first-order valence-electron chi connectivity index (χ1n) is 6.68. The van der Waals surface area contributed by atoms with E-state index in [0.717, 1.165) is 28.6 Å². The summed E-state index contributed by atoms with van der Waals surface area (Å²) in [6.07, 6.45) is 3.80. The molecule has 0 spiro atoms. The highest BCUT2D eigenvalue weighted by molar-refractivity contribution is 7.16. The van der Waals surface area contributed by atoms with Crippen LogP contribution in [0.5, 0.6) is 0 Å². The maximum Gasteiger partial charge on any atom is 0.143 e. The van der Waals surface area contributed by atoms with E-state index in [1.807, 2.05) is 24.3 Å². The van der Waals surface area contributed by atoms with Crippen molar-refractivity contribution in [1.29, 1.82) is 0 Å². The Balaban J connectivity index is 1.53. The van der Waals surface area contributed by atoms with Gasteiger partial charge in [-0.25, -0.2) is 4.68 Å². The molecule has 0 saturated carbocycles. The molecule has 1 aliphatic rings. The van der Waals surface area contributed by atoms with Crippen LogP contribution in [0.1, 0.15) is 22.9 Å². The molecule has 1 aromatic carbocycles. The summed E-state index contributed by atoms with van der Waals surface area (Å²) in [6, 6.07) is 10.5. The summed E-state index contributed by atoms with van der Waals surface area (Å²) in [5.74, 6) is 0. The van der Waals surface area contributed by atoms with Gasteiger partial charge < -0.3 is 5.32 Å². The molecular formula is C14H12ClN5S. The molecule has 106 valence electrons. The molecule has 1 unspecified atom stereocenters. The van der Waals surface area contributed by atoms with Crippen molar-refractivity contribution in [1.82, 2.24) is 20.2 Å². The summed E-state index contributed by atoms with van der Waals surface area (Å²) in [7, 11) is 0. The monoisotopic (exact) mass is 317 g/mol. The van der Waals surface area contributed by atoms with Crippen molar-refractivity contribution in [2.75, 3.05) is 5.32 Å². The molecule has 2 heterocycles. The summed E-state index contributed by atoms with van der Waals surface area (Å²) >= 11 is 7.79. The van der Waals surface area contributed by atoms with E-state index in [-0.39, 0.29) is 0 Å². The van der Waals surface area contributed by atoms with Gasteiger partial charge in [0.15, 0.2) is 0 Å². The summed E-state index contributed by atoms with van der Waals surface area (Å²) in [6.45, 7) is 0. The van der Waals surface area contributed by atoms with E-state index in [1.165, 1.54) is 10.4 Å². The predicted molar refractivity (Wildman–Crippen MR) is 83.2 cm³/mol. The number of rotatable bonds is 3. The van der Waals surface area contributed by atoms with Gasteiger partial charge in [0.2, 0.25) is 0 Å². The first kappa shape index (κ1) is 12.8. The van der Waals surface area contributed by atoms with Gasteiger partial charge in [-0.3, -0.25) is 0 Å². The molecule has 3 aromatic rings. The first-order valence-corrected chi connectivity index (χ1v) is 7.87. The van der Waals surface area contributed by atoms with Gasteiger partial charge in [-0.2, -0.15) is 0 Å². The number of hydrogen-bond acceptors (Lipinski definition) is 5. The maximum atomic E-state index is 6.09. The van der Waals surface area contributed by atoms with Crippen LogP contribution in [0, 0.1) is 0 Å². The second-order valence-corrected chi connectivity index (χ2v) is 6.73. The third-order valence-corrected chi connectivity index (χ3v) is 5.01. The van der Waals surface area contributed by atoms with Gasteiger partial charge in [0.1, 0.15) is 6.33 Å². The third kappa shape index (κ3) is 2.41. The van der Waals surface area contributed by atoms with Crippen LogP contribution in [-0.4, -0.2) is 20.2 Å². The first-order chi connectivity index (χ1) is 10.3. The van der Waals surface area contributed by atoms with E-state index in [2.05, 4.69) is 26.9 Å². The fourth-order valence-electron chi connectivity index (χ4n) is 2.67. The molecule has 1 aliphatic carbocycles. The fraction of sp³-hybridized carbons (Fsp3) is 0.214. The Bertz CT molecular complexity index is 750. The minimum atomic E-state index is 0.350. The van der Waals surface area contributed by atoms with Crippen LogP contribution in [0.15, 0.2) is 36.7 Å². The van der Waals surface area contributed by atoms with Crippen molar-refractivity contribution in [3.8, 4) is 5.69 Å². The lowest BCUT2D eigenvalue weighted by molar-refractivity contribution is 0.761. The highest BCUT2D eigenvalue weighted by Gasteiger charge is 2.24. The lowest BCUT2D eigenvalue weighted by Gasteiger charge is -2.14. The van der Waals surface area contributed by atoms with Gasteiger partial charge in [0, 0.05) is 10.6 Å². The van der Waals surface area contributed by atoms with Crippen LogP contribution in [0.2, 0.25) is 4.34 Å². The maximum absolute atomic E-state index is 6.09. The van der Waals surface area contributed by atoms with Gasteiger partial charge in [0.25, 0.3) is 0 Å². The summed E-state index contributed by atoms with van der Waals surface area (Å²) < 4.78 is 2.51. The van der Waals surface area contributed by atoms with Gasteiger partial charge >= 0.3 is 0 Å². The van der Waals surface area contributed by atoms with Crippen LogP contribution >= 0.6 is 22.9 Å². The molecular weight excluding hydrogens is 306 g/mol. The number of aromatic nitrogens is 4. The van der Waals surface area contributed by atoms with Crippen LogP contribution in [0.3, 0.4) is 0 Å². The molecule has 1 N–H and O–H groups in total. The number of halogens is 1. The number of nitrogens with zero attached hydrogens (tertiary/aromatic N) is 4. The van der Waals surface area contributed by atoms with Crippen LogP contribution < -0.4 is 5.32 Å². The largest absolute Gasteiger partial charge is 0.378 e. The average molecular weight is 318 g/mol. The van der Waals surface area contributed by atoms with E-state index in [0.29, 0.717) is 6.04 Å². The zero-order valence-corrected chi connectivity index (χ0v) is 12.6. The van der Waals surface area contributed by atoms with Crippen molar-refractivity contribution >= 4 is 28.6 Å². The van der Waals surface area contributed by atoms with Crippen molar-refractivity contribution in [3.63, 3.8) is 0 Å². The second kappa shape index (κ2) is 5.13. The lowest BCUT2D eigenvalue weighted by atomic mass is 10.1. The number of benzene rings is 1. The highest BCUT2D eigenvalue weighted by Crippen LogP contribution is 2.40. The third-order valence-electron chi connectivity index (χ3n) is 3.67. The number of aryl methyl sites for hydroxylation is 1. The zero-order chi connectivity index (χ0) is 14.2. The minimum Gasteiger partial charge on any atom is -0.378 e. The van der Waals surface area contributed by atoms with Gasteiger partial charge in [0.05, 0.1) is 16.1 Å². The summed E-state index contributed by atoms with van der Waals surface area (Å²) in [5, 5.41) is 14.7. The Morgan fingerprint density at radius 1 is 1.29 bits per heavy atom. The van der Waals surface area contributed by atoms with E-state index in [1.54, 1.807) is 22.3 Å². The van der Waals surface area contributed by atoms with Crippen LogP contribution in [0.4, 0.5) is 5.69 Å². The molecule has 0 amide bonds. The predicted octanol–water partition coefficient (Wildman–Crippen LogP) is 3.48. The molecule has 0 bridgehead atoms. The van der Waals surface area contributed by atoms with Crippen molar-refractivity contribution in [3.05, 3.63) is 51.4 Å². The summed E-state index contributed by atoms with van der Waals surface area (Å²) in [4.78, 5) is 1.41. The molecule has 0 radical (unpaired) electrons. The Kier molecular flexibility index (Phi) is 3.12. The van der Waals surface area contributed by atoms with Crippen LogP contribution in [0.25, 0.3) is 5.69 Å². The number of fused-ring (bicyclic) bond motifs is 1. The lowest BCUT2D eigenvalue weighted by Crippen LogP contribution is -2.06. The van der Waals surface area contributed by atoms with Gasteiger partial charge in [-0.1, -0.05) is 11.6 Å². The topological polar surface area (TPSA) is 55.6 Å². The average Bonchev–Trinajstić information content (AvgIpc) is 3.19. The number of nitrogens with one attached hydrogen (secondary N) is 1. The Hall–Kier alpha value is -1.92. The van der Waals surface area contributed by atoms with E-state index in [9.17, 15) is 0 Å². The zero-order valence-electron chi connectivity index (χ0n) is 11.0. The number of tetrazole rings is 1. The van der Waals surface area contributed by atoms with Crippen LogP contribution in [-0.2, 0) is 6.42 Å². The Labute approximate surface area is 130 Å². The SMILES string of the molecule is Clc1cc2c(s1)CCC2Nc1ccc(-n2cnnn2)cc1. The van der Waals surface area contributed by atoms with E-state index >= 15 is 0 Å². The number of thiophene rings is 1. The smallest absolute Gasteiger partial charge is 0.143 e. The second-order valence-electron chi connectivity index (χ2n) is 4.97. The standard InChI is InChI=1S/C14H12ClN5S/c15-14-7-11-12(5-6-13(11)21-14)17-9-1-3-10(4-2-9)20-8-16-18-19-20/h1-4,7-8,12,17H,5-6H2. The molecule has 1 atom stereocenters.